The van der Waals surface area contributed by atoms with Crippen LogP contribution in [0.3, 0.4) is 0 Å². The Hall–Kier alpha value is -2.93. The van der Waals surface area contributed by atoms with Crippen LogP contribution in [0.5, 0.6) is 5.75 Å². The van der Waals surface area contributed by atoms with E-state index >= 15 is 0 Å². The van der Waals surface area contributed by atoms with Crippen molar-refractivity contribution in [2.45, 2.75) is 13.0 Å². The molecule has 6 nitrogen and oxygen atoms in total. The minimum absolute atomic E-state index is 0.0524. The third-order valence-corrected chi connectivity index (χ3v) is 5.65. The molecule has 0 aliphatic carbocycles. The molecular weight excluding hydrogens is 362 g/mol. The lowest BCUT2D eigenvalue weighted by Crippen LogP contribution is -2.32. The maximum Gasteiger partial charge on any atom is 0.227 e. The fourth-order valence-corrected chi connectivity index (χ4v) is 4.12. The fraction of sp³-hybridized carbons (Fsp3) is 0.250. The van der Waals surface area contributed by atoms with Gasteiger partial charge in [0, 0.05) is 24.7 Å². The number of nitrogens with one attached hydrogen (secondary N) is 1. The molecule has 2 heterocycles. The van der Waals surface area contributed by atoms with Gasteiger partial charge in [-0.15, -0.1) is 11.3 Å². The quantitative estimate of drug-likeness (QED) is 0.738. The molecule has 1 fully saturated rings. The van der Waals surface area contributed by atoms with Crippen molar-refractivity contribution in [1.29, 1.82) is 0 Å². The Morgan fingerprint density at radius 2 is 2.15 bits per heavy atom. The predicted octanol–water partition coefficient (Wildman–Crippen LogP) is 2.97. The highest BCUT2D eigenvalue weighted by atomic mass is 32.1. The number of benzene rings is 2. The Morgan fingerprint density at radius 3 is 2.96 bits per heavy atom. The molecule has 0 bridgehead atoms. The van der Waals surface area contributed by atoms with Gasteiger partial charge < -0.3 is 15.0 Å². The number of carbonyl (C=O) groups excluding carboxylic acids is 2. The third-order valence-electron chi connectivity index (χ3n) is 4.61. The predicted molar refractivity (Wildman–Crippen MR) is 105 cm³/mol. The van der Waals surface area contributed by atoms with Gasteiger partial charge in [-0.25, -0.2) is 4.98 Å². The summed E-state index contributed by atoms with van der Waals surface area (Å²) in [7, 11) is 1.59. The zero-order chi connectivity index (χ0) is 18.8. The fourth-order valence-electron chi connectivity index (χ4n) is 3.21. The average molecular weight is 381 g/mol. The van der Waals surface area contributed by atoms with Gasteiger partial charge >= 0.3 is 0 Å². The van der Waals surface area contributed by atoms with Crippen molar-refractivity contribution in [3.8, 4) is 5.75 Å². The van der Waals surface area contributed by atoms with Gasteiger partial charge in [-0.2, -0.15) is 0 Å². The molecule has 0 spiro atoms. The van der Waals surface area contributed by atoms with E-state index in [0.717, 1.165) is 20.9 Å². The van der Waals surface area contributed by atoms with E-state index in [1.807, 2.05) is 42.5 Å². The Bertz CT molecular complexity index is 968. The van der Waals surface area contributed by atoms with Crippen LogP contribution in [0.2, 0.25) is 0 Å². The smallest absolute Gasteiger partial charge is 0.227 e. The van der Waals surface area contributed by atoms with Gasteiger partial charge in [0.15, 0.2) is 0 Å². The second-order valence-corrected chi connectivity index (χ2v) is 7.52. The number of rotatable bonds is 5. The van der Waals surface area contributed by atoms with Crippen molar-refractivity contribution in [3.05, 3.63) is 53.5 Å². The Labute approximate surface area is 160 Å². The molecule has 27 heavy (non-hydrogen) atoms. The number of hydrogen-bond donors (Lipinski definition) is 1. The molecule has 2 aromatic carbocycles. The van der Waals surface area contributed by atoms with Crippen molar-refractivity contribution < 1.29 is 14.3 Å². The van der Waals surface area contributed by atoms with Crippen molar-refractivity contribution in [1.82, 2.24) is 10.3 Å². The second-order valence-electron chi connectivity index (χ2n) is 6.40. The minimum Gasteiger partial charge on any atom is -0.497 e. The van der Waals surface area contributed by atoms with Crippen LogP contribution in [-0.2, 0) is 16.1 Å². The average Bonchev–Trinajstić information content (AvgIpc) is 3.29. The van der Waals surface area contributed by atoms with Crippen LogP contribution in [0.25, 0.3) is 10.2 Å². The van der Waals surface area contributed by atoms with Crippen LogP contribution in [0, 0.1) is 5.92 Å². The zero-order valence-electron chi connectivity index (χ0n) is 14.8. The molecule has 0 saturated carbocycles. The number of anilines is 1. The molecule has 1 N–H and O–H groups in total. The summed E-state index contributed by atoms with van der Waals surface area (Å²) < 4.78 is 6.31. The summed E-state index contributed by atoms with van der Waals surface area (Å²) in [5, 5.41) is 3.78. The molecule has 0 unspecified atom stereocenters. The van der Waals surface area contributed by atoms with Crippen LogP contribution in [0.4, 0.5) is 5.69 Å². The Morgan fingerprint density at radius 1 is 1.30 bits per heavy atom. The lowest BCUT2D eigenvalue weighted by molar-refractivity contribution is -0.126. The largest absolute Gasteiger partial charge is 0.497 e. The summed E-state index contributed by atoms with van der Waals surface area (Å²) in [6.07, 6.45) is 0.211. The van der Waals surface area contributed by atoms with Gasteiger partial charge in [0.2, 0.25) is 11.8 Å². The standard InChI is InChI=1S/C20H19N3O3S/c1-26-15-6-4-5-14(10-15)23-12-13(9-19(23)24)20(25)21-11-18-22-16-7-2-3-8-17(16)27-18/h2-8,10,13H,9,11-12H2,1H3,(H,21,25)/t13-/m1/s1. The van der Waals surface area contributed by atoms with E-state index in [9.17, 15) is 9.59 Å². The van der Waals surface area contributed by atoms with Gasteiger partial charge in [0.05, 0.1) is 29.8 Å². The summed E-state index contributed by atoms with van der Waals surface area (Å²) in [6.45, 7) is 0.750. The normalized spacial score (nSPS) is 16.7. The van der Waals surface area contributed by atoms with Crippen LogP contribution < -0.4 is 15.0 Å². The highest BCUT2D eigenvalue weighted by Crippen LogP contribution is 2.28. The Balaban J connectivity index is 1.40. The maximum absolute atomic E-state index is 12.5. The van der Waals surface area contributed by atoms with E-state index in [4.69, 9.17) is 4.74 Å². The summed E-state index contributed by atoms with van der Waals surface area (Å²) in [5.41, 5.74) is 1.69. The van der Waals surface area contributed by atoms with Crippen molar-refractivity contribution in [2.24, 2.45) is 5.92 Å². The third kappa shape index (κ3) is 3.64. The molecule has 7 heteroatoms. The number of amides is 2. The van der Waals surface area contributed by atoms with Crippen LogP contribution in [0.15, 0.2) is 48.5 Å². The molecule has 4 rings (SSSR count). The molecule has 1 saturated heterocycles. The van der Waals surface area contributed by atoms with E-state index in [0.29, 0.717) is 18.8 Å². The summed E-state index contributed by atoms with van der Waals surface area (Å²) >= 11 is 1.57. The van der Waals surface area contributed by atoms with Gasteiger partial charge in [-0.3, -0.25) is 9.59 Å². The van der Waals surface area contributed by atoms with Crippen molar-refractivity contribution >= 4 is 39.1 Å². The number of fused-ring (bicyclic) bond motifs is 1. The zero-order valence-corrected chi connectivity index (χ0v) is 15.7. The van der Waals surface area contributed by atoms with Gasteiger partial charge in [-0.05, 0) is 24.3 Å². The first-order chi connectivity index (χ1) is 13.1. The highest BCUT2D eigenvalue weighted by Gasteiger charge is 2.35. The maximum atomic E-state index is 12.5. The van der Waals surface area contributed by atoms with E-state index < -0.39 is 0 Å². The molecule has 1 aliphatic heterocycles. The van der Waals surface area contributed by atoms with Gasteiger partial charge in [-0.1, -0.05) is 18.2 Å². The molecule has 0 radical (unpaired) electrons. The van der Waals surface area contributed by atoms with Crippen LogP contribution in [0.1, 0.15) is 11.4 Å². The highest BCUT2D eigenvalue weighted by molar-refractivity contribution is 7.18. The number of aromatic nitrogens is 1. The van der Waals surface area contributed by atoms with E-state index in [1.54, 1.807) is 29.4 Å². The first-order valence-corrected chi connectivity index (χ1v) is 9.52. The summed E-state index contributed by atoms with van der Waals surface area (Å²) in [5.74, 6) is 0.151. The SMILES string of the molecule is COc1cccc(N2C[C@H](C(=O)NCc3nc4ccccc4s3)CC2=O)c1. The van der Waals surface area contributed by atoms with Crippen molar-refractivity contribution in [2.75, 3.05) is 18.6 Å². The molecular formula is C20H19N3O3S. The van der Waals surface area contributed by atoms with Gasteiger partial charge in [0.25, 0.3) is 0 Å². The molecule has 1 atom stereocenters. The first-order valence-electron chi connectivity index (χ1n) is 8.70. The number of carbonyl (C=O) groups is 2. The first kappa shape index (κ1) is 17.5. The lowest BCUT2D eigenvalue weighted by Gasteiger charge is -2.17. The number of nitrogens with zero attached hydrogens (tertiary/aromatic N) is 2. The molecule has 2 amide bonds. The summed E-state index contributed by atoms with van der Waals surface area (Å²) in [4.78, 5) is 31.1. The summed E-state index contributed by atoms with van der Waals surface area (Å²) in [6, 6.07) is 15.2. The number of hydrogen-bond acceptors (Lipinski definition) is 5. The van der Waals surface area contributed by atoms with E-state index in [1.165, 1.54) is 0 Å². The van der Waals surface area contributed by atoms with Gasteiger partial charge in [0.1, 0.15) is 10.8 Å². The molecule has 1 aliphatic rings. The topological polar surface area (TPSA) is 71.5 Å². The van der Waals surface area contributed by atoms with E-state index in [-0.39, 0.29) is 24.2 Å². The monoisotopic (exact) mass is 381 g/mol. The Kier molecular flexibility index (Phi) is 4.77. The molecule has 3 aromatic rings. The van der Waals surface area contributed by atoms with Crippen LogP contribution >= 0.6 is 11.3 Å². The molecule has 1 aromatic heterocycles. The minimum atomic E-state index is -0.363. The number of methoxy groups -OCH3 is 1. The number of thiazole rings is 1. The number of para-hydroxylation sites is 1. The number of ether oxygens (including phenoxy) is 1. The lowest BCUT2D eigenvalue weighted by atomic mass is 10.1. The van der Waals surface area contributed by atoms with Crippen molar-refractivity contribution in [3.63, 3.8) is 0 Å². The second kappa shape index (κ2) is 7.36. The van der Waals surface area contributed by atoms with Crippen LogP contribution in [-0.4, -0.2) is 30.5 Å². The molecule has 138 valence electrons. The van der Waals surface area contributed by atoms with E-state index in [2.05, 4.69) is 10.3 Å².